The summed E-state index contributed by atoms with van der Waals surface area (Å²) in [6, 6.07) is 9.90. The molecule has 1 unspecified atom stereocenters. The normalized spacial score (nSPS) is 19.1. The molecule has 2 aromatic rings. The summed E-state index contributed by atoms with van der Waals surface area (Å²) in [5.41, 5.74) is 1.25. The molecule has 0 spiro atoms. The Labute approximate surface area is 117 Å². The molecule has 1 N–H and O–H groups in total. The van der Waals surface area contributed by atoms with E-state index in [-0.39, 0.29) is 5.91 Å². The van der Waals surface area contributed by atoms with Crippen molar-refractivity contribution >= 4 is 5.91 Å². The second-order valence-corrected chi connectivity index (χ2v) is 5.01. The summed E-state index contributed by atoms with van der Waals surface area (Å²) in [4.78, 5) is 18.5. The maximum absolute atomic E-state index is 12.4. The zero-order valence-corrected chi connectivity index (χ0v) is 11.4. The number of oxazole rings is 1. The number of carbonyl (C=O) groups excluding carboxylic acids is 1. The minimum atomic E-state index is -0.0655. The highest BCUT2D eigenvalue weighted by atomic mass is 16.3. The van der Waals surface area contributed by atoms with Gasteiger partial charge in [-0.15, -0.1) is 0 Å². The van der Waals surface area contributed by atoms with Gasteiger partial charge >= 0.3 is 0 Å². The Morgan fingerprint density at radius 3 is 2.95 bits per heavy atom. The molecule has 5 heteroatoms. The third-order valence-electron chi connectivity index (χ3n) is 3.40. The van der Waals surface area contributed by atoms with Crippen LogP contribution in [0.25, 0.3) is 11.5 Å². The molecule has 5 nitrogen and oxygen atoms in total. The van der Waals surface area contributed by atoms with E-state index < -0.39 is 0 Å². The van der Waals surface area contributed by atoms with Gasteiger partial charge in [0.2, 0.25) is 5.89 Å². The maximum Gasteiger partial charge on any atom is 0.275 e. The number of amides is 1. The smallest absolute Gasteiger partial charge is 0.275 e. The molecule has 0 aliphatic carbocycles. The Balaban J connectivity index is 1.78. The van der Waals surface area contributed by atoms with Crippen molar-refractivity contribution in [2.75, 3.05) is 19.6 Å². The second-order valence-electron chi connectivity index (χ2n) is 5.01. The van der Waals surface area contributed by atoms with Gasteiger partial charge in [-0.1, -0.05) is 18.2 Å². The largest absolute Gasteiger partial charge is 0.444 e. The maximum atomic E-state index is 12.4. The van der Waals surface area contributed by atoms with Crippen molar-refractivity contribution in [2.45, 2.75) is 13.0 Å². The standard InChI is InChI=1S/C15H17N3O2/c1-11-9-18(8-7-16-11)15(19)13-10-20-14(17-13)12-5-3-2-4-6-12/h2-6,10-11,16H,7-9H2,1H3. The molecule has 1 saturated heterocycles. The first-order valence-corrected chi connectivity index (χ1v) is 6.77. The first-order valence-electron chi connectivity index (χ1n) is 6.77. The number of piperazine rings is 1. The topological polar surface area (TPSA) is 58.4 Å². The lowest BCUT2D eigenvalue weighted by atomic mass is 10.2. The van der Waals surface area contributed by atoms with Crippen molar-refractivity contribution < 1.29 is 9.21 Å². The molecule has 104 valence electrons. The molecule has 0 saturated carbocycles. The van der Waals surface area contributed by atoms with Crippen LogP contribution >= 0.6 is 0 Å². The third-order valence-corrected chi connectivity index (χ3v) is 3.40. The van der Waals surface area contributed by atoms with Crippen molar-refractivity contribution in [3.05, 3.63) is 42.3 Å². The minimum Gasteiger partial charge on any atom is -0.444 e. The molecule has 1 fully saturated rings. The van der Waals surface area contributed by atoms with Gasteiger partial charge in [0.1, 0.15) is 6.26 Å². The highest BCUT2D eigenvalue weighted by Gasteiger charge is 2.24. The van der Waals surface area contributed by atoms with Gasteiger partial charge in [-0.25, -0.2) is 4.98 Å². The number of nitrogens with one attached hydrogen (secondary N) is 1. The summed E-state index contributed by atoms with van der Waals surface area (Å²) in [6.07, 6.45) is 1.44. The molecular weight excluding hydrogens is 254 g/mol. The van der Waals surface area contributed by atoms with Crippen molar-refractivity contribution in [2.24, 2.45) is 0 Å². The molecule has 1 atom stereocenters. The zero-order chi connectivity index (χ0) is 13.9. The highest BCUT2D eigenvalue weighted by Crippen LogP contribution is 2.19. The van der Waals surface area contributed by atoms with Crippen LogP contribution in [0.5, 0.6) is 0 Å². The van der Waals surface area contributed by atoms with Crippen LogP contribution in [0.3, 0.4) is 0 Å². The van der Waals surface area contributed by atoms with E-state index >= 15 is 0 Å². The van der Waals surface area contributed by atoms with Crippen LogP contribution < -0.4 is 5.32 Å². The van der Waals surface area contributed by atoms with Gasteiger partial charge in [-0.05, 0) is 19.1 Å². The molecule has 2 heterocycles. The number of hydrogen-bond acceptors (Lipinski definition) is 4. The Bertz CT molecular complexity index is 594. The molecule has 1 aromatic heterocycles. The molecule has 1 aliphatic heterocycles. The van der Waals surface area contributed by atoms with Gasteiger partial charge in [0, 0.05) is 31.2 Å². The van der Waals surface area contributed by atoms with E-state index in [4.69, 9.17) is 4.42 Å². The van der Waals surface area contributed by atoms with Gasteiger partial charge in [0.15, 0.2) is 5.69 Å². The monoisotopic (exact) mass is 271 g/mol. The SMILES string of the molecule is CC1CN(C(=O)c2coc(-c3ccccc3)n2)CCN1. The summed E-state index contributed by atoms with van der Waals surface area (Å²) >= 11 is 0. The van der Waals surface area contributed by atoms with Crippen molar-refractivity contribution in [1.82, 2.24) is 15.2 Å². The first-order chi connectivity index (χ1) is 9.74. The van der Waals surface area contributed by atoms with Gasteiger partial charge < -0.3 is 14.6 Å². The lowest BCUT2D eigenvalue weighted by Crippen LogP contribution is -2.51. The van der Waals surface area contributed by atoms with Crippen molar-refractivity contribution in [3.8, 4) is 11.5 Å². The predicted octanol–water partition coefficient (Wildman–Crippen LogP) is 1.78. The van der Waals surface area contributed by atoms with E-state index in [2.05, 4.69) is 17.2 Å². The molecule has 1 aromatic carbocycles. The predicted molar refractivity (Wildman–Crippen MR) is 75.3 cm³/mol. The molecule has 0 radical (unpaired) electrons. The van der Waals surface area contributed by atoms with E-state index in [1.807, 2.05) is 35.2 Å². The molecule has 0 bridgehead atoms. The number of hydrogen-bond donors (Lipinski definition) is 1. The fraction of sp³-hybridized carbons (Fsp3) is 0.333. The van der Waals surface area contributed by atoms with Gasteiger partial charge in [-0.2, -0.15) is 0 Å². The van der Waals surface area contributed by atoms with Gasteiger partial charge in [-0.3, -0.25) is 4.79 Å². The van der Waals surface area contributed by atoms with Crippen LogP contribution in [0.2, 0.25) is 0 Å². The lowest BCUT2D eigenvalue weighted by molar-refractivity contribution is 0.0703. The van der Waals surface area contributed by atoms with Gasteiger partial charge in [0.05, 0.1) is 0 Å². The molecule has 20 heavy (non-hydrogen) atoms. The zero-order valence-electron chi connectivity index (χ0n) is 11.4. The van der Waals surface area contributed by atoms with Gasteiger partial charge in [0.25, 0.3) is 5.91 Å². The van der Waals surface area contributed by atoms with Crippen LogP contribution in [0, 0.1) is 0 Å². The Kier molecular flexibility index (Phi) is 3.52. The Morgan fingerprint density at radius 2 is 2.20 bits per heavy atom. The Hall–Kier alpha value is -2.14. The first kappa shape index (κ1) is 12.9. The third kappa shape index (κ3) is 2.58. The highest BCUT2D eigenvalue weighted by molar-refractivity contribution is 5.92. The second kappa shape index (κ2) is 5.46. The average molecular weight is 271 g/mol. The van der Waals surface area contributed by atoms with E-state index in [1.54, 1.807) is 0 Å². The number of carbonyl (C=O) groups is 1. The number of nitrogens with zero attached hydrogens (tertiary/aromatic N) is 2. The van der Waals surface area contributed by atoms with Crippen LogP contribution in [0.1, 0.15) is 17.4 Å². The lowest BCUT2D eigenvalue weighted by Gasteiger charge is -2.31. The summed E-state index contributed by atoms with van der Waals surface area (Å²) in [5.74, 6) is 0.418. The fourth-order valence-corrected chi connectivity index (χ4v) is 2.36. The van der Waals surface area contributed by atoms with E-state index in [1.165, 1.54) is 6.26 Å². The number of rotatable bonds is 2. The van der Waals surface area contributed by atoms with Crippen LogP contribution in [-0.4, -0.2) is 41.5 Å². The van der Waals surface area contributed by atoms with E-state index in [0.29, 0.717) is 30.7 Å². The van der Waals surface area contributed by atoms with E-state index in [9.17, 15) is 4.79 Å². The summed E-state index contributed by atoms with van der Waals surface area (Å²) in [7, 11) is 0. The summed E-state index contributed by atoms with van der Waals surface area (Å²) < 4.78 is 5.42. The number of benzene rings is 1. The van der Waals surface area contributed by atoms with E-state index in [0.717, 1.165) is 12.1 Å². The fourth-order valence-electron chi connectivity index (χ4n) is 2.36. The molecule has 1 aliphatic rings. The quantitative estimate of drug-likeness (QED) is 0.904. The van der Waals surface area contributed by atoms with Crippen LogP contribution in [-0.2, 0) is 0 Å². The van der Waals surface area contributed by atoms with Crippen molar-refractivity contribution in [1.29, 1.82) is 0 Å². The van der Waals surface area contributed by atoms with Crippen molar-refractivity contribution in [3.63, 3.8) is 0 Å². The number of aromatic nitrogens is 1. The summed E-state index contributed by atoms with van der Waals surface area (Å²) in [6.45, 7) is 4.29. The molecule has 1 amide bonds. The average Bonchev–Trinajstić information content (AvgIpc) is 2.97. The van der Waals surface area contributed by atoms with Crippen LogP contribution in [0.15, 0.2) is 41.0 Å². The molecule has 3 rings (SSSR count). The summed E-state index contributed by atoms with van der Waals surface area (Å²) in [5, 5.41) is 3.31. The Morgan fingerprint density at radius 1 is 1.40 bits per heavy atom. The molecular formula is C15H17N3O2. The minimum absolute atomic E-state index is 0.0655. The van der Waals surface area contributed by atoms with Crippen LogP contribution in [0.4, 0.5) is 0 Å².